The van der Waals surface area contributed by atoms with Crippen molar-refractivity contribution < 1.29 is 19.1 Å². The standard InChI is InChI=1S/C20H23N3O4/c1-20(21,15-6-4-3-5-7-15)19(26)23-16-10-8-14(9-11-16)12-17(24)22-13-18(25)27-2/h3-11H,12-13,21H2,1-2H3,(H,22,24)(H,23,26). The van der Waals surface area contributed by atoms with Gasteiger partial charge in [-0.1, -0.05) is 42.5 Å². The molecule has 0 spiro atoms. The van der Waals surface area contributed by atoms with Gasteiger partial charge >= 0.3 is 5.97 Å². The smallest absolute Gasteiger partial charge is 0.325 e. The maximum absolute atomic E-state index is 12.5. The summed E-state index contributed by atoms with van der Waals surface area (Å²) < 4.78 is 4.46. The van der Waals surface area contributed by atoms with Crippen LogP contribution in [0.25, 0.3) is 0 Å². The summed E-state index contributed by atoms with van der Waals surface area (Å²) in [6, 6.07) is 16.0. The quantitative estimate of drug-likeness (QED) is 0.638. The monoisotopic (exact) mass is 369 g/mol. The Morgan fingerprint density at radius 1 is 1.04 bits per heavy atom. The Morgan fingerprint density at radius 3 is 2.26 bits per heavy atom. The van der Waals surface area contributed by atoms with Crippen LogP contribution in [0.15, 0.2) is 54.6 Å². The molecule has 27 heavy (non-hydrogen) atoms. The first-order valence-corrected chi connectivity index (χ1v) is 8.41. The normalized spacial score (nSPS) is 12.6. The van der Waals surface area contributed by atoms with Gasteiger partial charge in [0, 0.05) is 5.69 Å². The van der Waals surface area contributed by atoms with E-state index in [-0.39, 0.29) is 24.8 Å². The van der Waals surface area contributed by atoms with Crippen LogP contribution < -0.4 is 16.4 Å². The number of ether oxygens (including phenoxy) is 1. The van der Waals surface area contributed by atoms with Gasteiger partial charge in [-0.3, -0.25) is 14.4 Å². The van der Waals surface area contributed by atoms with E-state index in [0.29, 0.717) is 11.3 Å². The molecule has 0 aliphatic carbocycles. The average Bonchev–Trinajstić information content (AvgIpc) is 2.68. The maximum atomic E-state index is 12.5. The lowest BCUT2D eigenvalue weighted by molar-refractivity contribution is -0.141. The highest BCUT2D eigenvalue weighted by Crippen LogP contribution is 2.20. The number of amides is 2. The van der Waals surface area contributed by atoms with E-state index < -0.39 is 11.5 Å². The molecule has 7 heteroatoms. The van der Waals surface area contributed by atoms with Crippen molar-refractivity contribution in [2.75, 3.05) is 19.0 Å². The summed E-state index contributed by atoms with van der Waals surface area (Å²) in [5.41, 5.74) is 7.05. The van der Waals surface area contributed by atoms with Gasteiger partial charge in [0.2, 0.25) is 11.8 Å². The molecule has 2 amide bonds. The molecule has 0 saturated carbocycles. The number of carbonyl (C=O) groups excluding carboxylic acids is 3. The van der Waals surface area contributed by atoms with Gasteiger partial charge in [-0.05, 0) is 30.2 Å². The molecule has 4 N–H and O–H groups in total. The Morgan fingerprint density at radius 2 is 1.67 bits per heavy atom. The maximum Gasteiger partial charge on any atom is 0.325 e. The Bertz CT molecular complexity index is 802. The van der Waals surface area contributed by atoms with Crippen LogP contribution >= 0.6 is 0 Å². The third-order valence-electron chi connectivity index (χ3n) is 4.08. The third kappa shape index (κ3) is 5.65. The first kappa shape index (κ1) is 20.1. The summed E-state index contributed by atoms with van der Waals surface area (Å²) in [7, 11) is 1.26. The summed E-state index contributed by atoms with van der Waals surface area (Å²) in [5.74, 6) is -1.14. The van der Waals surface area contributed by atoms with E-state index in [1.807, 2.05) is 18.2 Å². The minimum Gasteiger partial charge on any atom is -0.468 e. The van der Waals surface area contributed by atoms with E-state index in [9.17, 15) is 14.4 Å². The van der Waals surface area contributed by atoms with Crippen LogP contribution in [0.4, 0.5) is 5.69 Å². The van der Waals surface area contributed by atoms with Gasteiger partial charge in [-0.15, -0.1) is 0 Å². The highest BCUT2D eigenvalue weighted by atomic mass is 16.5. The van der Waals surface area contributed by atoms with Crippen LogP contribution in [-0.2, 0) is 31.1 Å². The van der Waals surface area contributed by atoms with E-state index in [1.165, 1.54) is 7.11 Å². The summed E-state index contributed by atoms with van der Waals surface area (Å²) in [6.45, 7) is 1.48. The zero-order chi connectivity index (χ0) is 19.9. The molecule has 2 rings (SSSR count). The minimum atomic E-state index is -1.17. The molecular weight excluding hydrogens is 346 g/mol. The van der Waals surface area contributed by atoms with Crippen LogP contribution in [0, 0.1) is 0 Å². The van der Waals surface area contributed by atoms with Crippen molar-refractivity contribution in [1.29, 1.82) is 0 Å². The molecule has 7 nitrogen and oxygen atoms in total. The molecule has 0 fully saturated rings. The number of nitrogens with one attached hydrogen (secondary N) is 2. The van der Waals surface area contributed by atoms with Crippen molar-refractivity contribution in [2.45, 2.75) is 18.9 Å². The Kier molecular flexibility index (Phi) is 6.67. The molecule has 0 aromatic heterocycles. The number of rotatable bonds is 7. The number of carbonyl (C=O) groups is 3. The van der Waals surface area contributed by atoms with Crippen molar-refractivity contribution in [3.05, 3.63) is 65.7 Å². The fraction of sp³-hybridized carbons (Fsp3) is 0.250. The molecule has 0 aliphatic rings. The Balaban J connectivity index is 1.94. The van der Waals surface area contributed by atoms with Crippen LogP contribution in [0.3, 0.4) is 0 Å². The molecule has 0 saturated heterocycles. The van der Waals surface area contributed by atoms with Crippen molar-refractivity contribution >= 4 is 23.5 Å². The highest BCUT2D eigenvalue weighted by Gasteiger charge is 2.30. The number of methoxy groups -OCH3 is 1. The Hall–Kier alpha value is -3.19. The number of esters is 1. The molecule has 142 valence electrons. The molecule has 0 aliphatic heterocycles. The van der Waals surface area contributed by atoms with Gasteiger partial charge in [0.15, 0.2) is 0 Å². The van der Waals surface area contributed by atoms with Gasteiger partial charge in [-0.2, -0.15) is 0 Å². The van der Waals surface area contributed by atoms with Crippen molar-refractivity contribution in [1.82, 2.24) is 5.32 Å². The summed E-state index contributed by atoms with van der Waals surface area (Å²) in [6.07, 6.45) is 0.115. The van der Waals surface area contributed by atoms with Crippen molar-refractivity contribution in [2.24, 2.45) is 5.73 Å². The second-order valence-electron chi connectivity index (χ2n) is 6.25. The van der Waals surface area contributed by atoms with E-state index in [1.54, 1.807) is 43.3 Å². The fourth-order valence-corrected chi connectivity index (χ4v) is 2.37. The van der Waals surface area contributed by atoms with Gasteiger partial charge in [0.05, 0.1) is 13.5 Å². The van der Waals surface area contributed by atoms with Crippen LogP contribution in [0.2, 0.25) is 0 Å². The number of hydrogen-bond donors (Lipinski definition) is 3. The largest absolute Gasteiger partial charge is 0.468 e. The van der Waals surface area contributed by atoms with E-state index >= 15 is 0 Å². The second kappa shape index (κ2) is 8.95. The average molecular weight is 369 g/mol. The predicted molar refractivity (Wildman–Crippen MR) is 102 cm³/mol. The predicted octanol–water partition coefficient (Wildman–Crippen LogP) is 1.33. The van der Waals surface area contributed by atoms with E-state index in [0.717, 1.165) is 5.56 Å². The third-order valence-corrected chi connectivity index (χ3v) is 4.08. The summed E-state index contributed by atoms with van der Waals surface area (Å²) in [4.78, 5) is 35.3. The van der Waals surface area contributed by atoms with Crippen LogP contribution in [-0.4, -0.2) is 31.4 Å². The first-order valence-electron chi connectivity index (χ1n) is 8.41. The molecule has 0 radical (unpaired) electrons. The number of anilines is 1. The molecule has 1 atom stereocenters. The van der Waals surface area contributed by atoms with Crippen molar-refractivity contribution in [3.63, 3.8) is 0 Å². The van der Waals surface area contributed by atoms with Gasteiger partial charge < -0.3 is 21.1 Å². The molecule has 0 heterocycles. The lowest BCUT2D eigenvalue weighted by atomic mass is 9.92. The molecule has 2 aromatic carbocycles. The van der Waals surface area contributed by atoms with Crippen LogP contribution in [0.5, 0.6) is 0 Å². The topological polar surface area (TPSA) is 111 Å². The number of nitrogens with two attached hydrogens (primary N) is 1. The van der Waals surface area contributed by atoms with E-state index in [2.05, 4.69) is 15.4 Å². The fourth-order valence-electron chi connectivity index (χ4n) is 2.37. The van der Waals surface area contributed by atoms with Gasteiger partial charge in [0.1, 0.15) is 12.1 Å². The van der Waals surface area contributed by atoms with E-state index in [4.69, 9.17) is 5.73 Å². The first-order chi connectivity index (χ1) is 12.8. The molecule has 1 unspecified atom stereocenters. The summed E-state index contributed by atoms with van der Waals surface area (Å²) in [5, 5.41) is 5.25. The highest BCUT2D eigenvalue weighted by molar-refractivity contribution is 5.98. The van der Waals surface area contributed by atoms with Gasteiger partial charge in [-0.25, -0.2) is 0 Å². The Labute approximate surface area is 157 Å². The van der Waals surface area contributed by atoms with Gasteiger partial charge in [0.25, 0.3) is 0 Å². The number of hydrogen-bond acceptors (Lipinski definition) is 5. The molecular formula is C20H23N3O4. The minimum absolute atomic E-state index is 0.115. The zero-order valence-corrected chi connectivity index (χ0v) is 15.3. The number of benzene rings is 2. The van der Waals surface area contributed by atoms with Crippen LogP contribution in [0.1, 0.15) is 18.1 Å². The summed E-state index contributed by atoms with van der Waals surface area (Å²) >= 11 is 0. The zero-order valence-electron chi connectivity index (χ0n) is 15.3. The molecule has 0 bridgehead atoms. The SMILES string of the molecule is COC(=O)CNC(=O)Cc1ccc(NC(=O)C(C)(N)c2ccccc2)cc1. The van der Waals surface area contributed by atoms with Crippen molar-refractivity contribution in [3.8, 4) is 0 Å². The lowest BCUT2D eigenvalue weighted by Crippen LogP contribution is -2.45. The molecule has 2 aromatic rings. The second-order valence-corrected chi connectivity index (χ2v) is 6.25. The lowest BCUT2D eigenvalue weighted by Gasteiger charge is -2.24.